The van der Waals surface area contributed by atoms with Crippen molar-refractivity contribution in [1.82, 2.24) is 9.97 Å². The van der Waals surface area contributed by atoms with E-state index in [0.717, 1.165) is 18.1 Å². The number of nitrogens with zero attached hydrogens (tertiary/aromatic N) is 3. The lowest BCUT2D eigenvalue weighted by atomic mass is 10.3. The predicted molar refractivity (Wildman–Crippen MR) is 76.9 cm³/mol. The fourth-order valence-electron chi connectivity index (χ4n) is 1.66. The first-order valence-corrected chi connectivity index (χ1v) is 6.16. The van der Waals surface area contributed by atoms with Gasteiger partial charge in [-0.2, -0.15) is 4.98 Å². The number of benzene rings is 1. The monoisotopic (exact) mass is 258 g/mol. The Balaban J connectivity index is 2.10. The Morgan fingerprint density at radius 3 is 2.74 bits per heavy atom. The molecule has 0 unspecified atom stereocenters. The van der Waals surface area contributed by atoms with Gasteiger partial charge in [-0.25, -0.2) is 4.98 Å². The van der Waals surface area contributed by atoms with Gasteiger partial charge in [0.2, 0.25) is 5.95 Å². The molecule has 0 amide bonds. The zero-order valence-corrected chi connectivity index (χ0v) is 11.2. The minimum Gasteiger partial charge on any atom is -0.383 e. The van der Waals surface area contributed by atoms with Gasteiger partial charge in [-0.15, -0.1) is 0 Å². The van der Waals surface area contributed by atoms with Crippen LogP contribution in [0.15, 0.2) is 42.6 Å². The Labute approximate surface area is 113 Å². The van der Waals surface area contributed by atoms with Crippen molar-refractivity contribution < 1.29 is 4.74 Å². The molecular weight excluding hydrogens is 240 g/mol. The number of para-hydroxylation sites is 1. The van der Waals surface area contributed by atoms with Crippen LogP contribution in [-0.2, 0) is 4.74 Å². The van der Waals surface area contributed by atoms with Gasteiger partial charge in [0.15, 0.2) is 0 Å². The van der Waals surface area contributed by atoms with Crippen LogP contribution in [0, 0.1) is 0 Å². The number of hydrogen-bond acceptors (Lipinski definition) is 5. The molecule has 100 valence electrons. The molecule has 5 heteroatoms. The predicted octanol–water partition coefficient (Wildman–Crippen LogP) is 2.30. The molecule has 0 bridgehead atoms. The molecule has 0 aliphatic rings. The van der Waals surface area contributed by atoms with Crippen molar-refractivity contribution in [2.24, 2.45) is 0 Å². The van der Waals surface area contributed by atoms with Crippen LogP contribution in [0.4, 0.5) is 17.5 Å². The van der Waals surface area contributed by atoms with E-state index in [9.17, 15) is 0 Å². The number of nitrogens with one attached hydrogen (secondary N) is 1. The Morgan fingerprint density at radius 1 is 1.21 bits per heavy atom. The van der Waals surface area contributed by atoms with Crippen molar-refractivity contribution >= 4 is 17.5 Å². The van der Waals surface area contributed by atoms with Gasteiger partial charge in [-0.1, -0.05) is 18.2 Å². The van der Waals surface area contributed by atoms with Gasteiger partial charge >= 0.3 is 0 Å². The first-order chi connectivity index (χ1) is 9.31. The van der Waals surface area contributed by atoms with Crippen LogP contribution in [0.2, 0.25) is 0 Å². The molecule has 1 heterocycles. The highest BCUT2D eigenvalue weighted by atomic mass is 16.5. The van der Waals surface area contributed by atoms with Gasteiger partial charge in [0.05, 0.1) is 6.61 Å². The number of rotatable bonds is 6. The third-order valence-electron chi connectivity index (χ3n) is 2.70. The van der Waals surface area contributed by atoms with Crippen molar-refractivity contribution in [3.63, 3.8) is 0 Å². The van der Waals surface area contributed by atoms with Crippen LogP contribution in [0.1, 0.15) is 0 Å². The third-order valence-corrected chi connectivity index (χ3v) is 2.70. The smallest absolute Gasteiger partial charge is 0.231 e. The normalized spacial score (nSPS) is 10.2. The Kier molecular flexibility index (Phi) is 4.69. The number of aromatic nitrogens is 2. The average Bonchev–Trinajstić information content (AvgIpc) is 2.48. The molecule has 1 aromatic carbocycles. The maximum absolute atomic E-state index is 4.99. The number of anilines is 3. The fraction of sp³-hybridized carbons (Fsp3) is 0.286. The molecule has 2 rings (SSSR count). The second-order valence-corrected chi connectivity index (χ2v) is 4.06. The summed E-state index contributed by atoms with van der Waals surface area (Å²) in [5.74, 6) is 1.46. The second kappa shape index (κ2) is 6.70. The summed E-state index contributed by atoms with van der Waals surface area (Å²) >= 11 is 0. The van der Waals surface area contributed by atoms with Crippen LogP contribution < -0.4 is 10.2 Å². The van der Waals surface area contributed by atoms with Gasteiger partial charge in [-0.3, -0.25) is 0 Å². The SMILES string of the molecule is COCCNc1ccnc(N(C)c2ccccc2)n1. The van der Waals surface area contributed by atoms with Crippen LogP contribution in [0.5, 0.6) is 0 Å². The molecule has 2 aromatic rings. The second-order valence-electron chi connectivity index (χ2n) is 4.06. The van der Waals surface area contributed by atoms with E-state index in [4.69, 9.17) is 4.74 Å². The summed E-state index contributed by atoms with van der Waals surface area (Å²) < 4.78 is 4.99. The van der Waals surface area contributed by atoms with Gasteiger partial charge in [0.1, 0.15) is 5.82 Å². The lowest BCUT2D eigenvalue weighted by molar-refractivity contribution is 0.210. The first-order valence-electron chi connectivity index (χ1n) is 6.16. The maximum atomic E-state index is 4.99. The van der Waals surface area contributed by atoms with E-state index in [0.29, 0.717) is 12.6 Å². The molecule has 5 nitrogen and oxygen atoms in total. The van der Waals surface area contributed by atoms with Crippen molar-refractivity contribution in [3.8, 4) is 0 Å². The Morgan fingerprint density at radius 2 is 2.00 bits per heavy atom. The van der Waals surface area contributed by atoms with E-state index in [1.54, 1.807) is 13.3 Å². The van der Waals surface area contributed by atoms with E-state index < -0.39 is 0 Å². The maximum Gasteiger partial charge on any atom is 0.231 e. The molecule has 0 radical (unpaired) electrons. The molecule has 0 spiro atoms. The minimum absolute atomic E-state index is 0.647. The number of ether oxygens (including phenoxy) is 1. The summed E-state index contributed by atoms with van der Waals surface area (Å²) in [6.45, 7) is 1.37. The molecule has 0 aliphatic heterocycles. The lowest BCUT2D eigenvalue weighted by Crippen LogP contribution is -2.15. The zero-order valence-electron chi connectivity index (χ0n) is 11.2. The molecule has 0 atom stereocenters. The quantitative estimate of drug-likeness (QED) is 0.806. The molecule has 0 fully saturated rings. The van der Waals surface area contributed by atoms with Gasteiger partial charge < -0.3 is 15.0 Å². The van der Waals surface area contributed by atoms with Crippen molar-refractivity contribution in [2.45, 2.75) is 0 Å². The summed E-state index contributed by atoms with van der Waals surface area (Å²) in [6, 6.07) is 11.9. The van der Waals surface area contributed by atoms with Gasteiger partial charge in [0.25, 0.3) is 0 Å². The molecule has 19 heavy (non-hydrogen) atoms. The third kappa shape index (κ3) is 3.66. The largest absolute Gasteiger partial charge is 0.383 e. The summed E-state index contributed by atoms with van der Waals surface area (Å²) in [5.41, 5.74) is 1.05. The summed E-state index contributed by atoms with van der Waals surface area (Å²) in [6.07, 6.45) is 1.75. The van der Waals surface area contributed by atoms with Crippen LogP contribution >= 0.6 is 0 Å². The summed E-state index contributed by atoms with van der Waals surface area (Å²) in [4.78, 5) is 10.7. The topological polar surface area (TPSA) is 50.3 Å². The fourth-order valence-corrected chi connectivity index (χ4v) is 1.66. The highest BCUT2D eigenvalue weighted by Gasteiger charge is 2.06. The Hall–Kier alpha value is -2.14. The number of methoxy groups -OCH3 is 1. The van der Waals surface area contributed by atoms with E-state index >= 15 is 0 Å². The van der Waals surface area contributed by atoms with Crippen LogP contribution in [-0.4, -0.2) is 37.3 Å². The molecule has 0 saturated heterocycles. The van der Waals surface area contributed by atoms with Gasteiger partial charge in [0, 0.05) is 32.6 Å². The zero-order chi connectivity index (χ0) is 13.5. The van der Waals surface area contributed by atoms with Gasteiger partial charge in [-0.05, 0) is 18.2 Å². The van der Waals surface area contributed by atoms with Crippen LogP contribution in [0.25, 0.3) is 0 Å². The van der Waals surface area contributed by atoms with Crippen molar-refractivity contribution in [2.75, 3.05) is 37.5 Å². The van der Waals surface area contributed by atoms with E-state index in [-0.39, 0.29) is 0 Å². The van der Waals surface area contributed by atoms with Crippen molar-refractivity contribution in [3.05, 3.63) is 42.6 Å². The molecule has 0 aliphatic carbocycles. The standard InChI is InChI=1S/C14H18N4O/c1-18(12-6-4-3-5-7-12)14-16-9-8-13(17-14)15-10-11-19-2/h3-9H,10-11H2,1-2H3,(H,15,16,17). The van der Waals surface area contributed by atoms with Crippen molar-refractivity contribution in [1.29, 1.82) is 0 Å². The summed E-state index contributed by atoms with van der Waals surface area (Å²) in [5, 5.41) is 3.19. The first kappa shape index (κ1) is 13.3. The Bertz CT molecular complexity index is 504. The minimum atomic E-state index is 0.647. The molecule has 1 aromatic heterocycles. The average molecular weight is 258 g/mol. The number of hydrogen-bond donors (Lipinski definition) is 1. The van der Waals surface area contributed by atoms with E-state index in [1.165, 1.54) is 0 Å². The molecule has 1 N–H and O–H groups in total. The van der Waals surface area contributed by atoms with E-state index in [1.807, 2.05) is 48.3 Å². The van der Waals surface area contributed by atoms with Crippen LogP contribution in [0.3, 0.4) is 0 Å². The summed E-state index contributed by atoms with van der Waals surface area (Å²) in [7, 11) is 3.62. The highest BCUT2D eigenvalue weighted by molar-refractivity contribution is 5.57. The lowest BCUT2D eigenvalue weighted by Gasteiger charge is -2.17. The highest BCUT2D eigenvalue weighted by Crippen LogP contribution is 2.19. The molecule has 0 saturated carbocycles. The van der Waals surface area contributed by atoms with E-state index in [2.05, 4.69) is 15.3 Å². The molecular formula is C14H18N4O.